The highest BCUT2D eigenvalue weighted by molar-refractivity contribution is 5.94. The van der Waals surface area contributed by atoms with Crippen LogP contribution >= 0.6 is 0 Å². The van der Waals surface area contributed by atoms with Gasteiger partial charge in [-0.25, -0.2) is 0 Å². The summed E-state index contributed by atoms with van der Waals surface area (Å²) in [5.74, 6) is -0.172. The lowest BCUT2D eigenvalue weighted by molar-refractivity contribution is -0.119. The first-order valence-corrected chi connectivity index (χ1v) is 4.70. The maximum atomic E-state index is 11.4. The van der Waals surface area contributed by atoms with E-state index in [4.69, 9.17) is 10.5 Å². The smallest absolute Gasteiger partial charge is 0.250 e. The van der Waals surface area contributed by atoms with Gasteiger partial charge in [-0.05, 0) is 31.0 Å². The molecular formula is C11H16N2O2. The van der Waals surface area contributed by atoms with Crippen LogP contribution in [-0.2, 0) is 9.53 Å². The van der Waals surface area contributed by atoms with E-state index < -0.39 is 0 Å². The molecule has 0 saturated carbocycles. The number of nitrogen functional groups attached to an aromatic ring is 1. The molecule has 0 heterocycles. The Morgan fingerprint density at radius 3 is 2.73 bits per heavy atom. The van der Waals surface area contributed by atoms with Gasteiger partial charge in [-0.2, -0.15) is 0 Å². The molecule has 0 fully saturated rings. The Balaban J connectivity index is 2.93. The van der Waals surface area contributed by atoms with Gasteiger partial charge in [0.05, 0.1) is 0 Å². The molecular weight excluding hydrogens is 192 g/mol. The molecule has 1 aromatic rings. The average Bonchev–Trinajstić information content (AvgIpc) is 2.19. The third kappa shape index (κ3) is 2.70. The van der Waals surface area contributed by atoms with Crippen molar-refractivity contribution in [3.05, 3.63) is 23.3 Å². The fourth-order valence-electron chi connectivity index (χ4n) is 1.36. The lowest BCUT2D eigenvalue weighted by Gasteiger charge is -2.12. The summed E-state index contributed by atoms with van der Waals surface area (Å²) in [6.45, 7) is 3.85. The van der Waals surface area contributed by atoms with Crippen molar-refractivity contribution in [2.75, 3.05) is 24.8 Å². The number of hydrogen-bond acceptors (Lipinski definition) is 3. The molecule has 0 spiro atoms. The van der Waals surface area contributed by atoms with E-state index in [0.717, 1.165) is 16.8 Å². The number of rotatable bonds is 3. The predicted molar refractivity (Wildman–Crippen MR) is 60.8 cm³/mol. The summed E-state index contributed by atoms with van der Waals surface area (Å²) >= 11 is 0. The van der Waals surface area contributed by atoms with E-state index >= 15 is 0 Å². The van der Waals surface area contributed by atoms with E-state index in [1.807, 2.05) is 26.0 Å². The minimum atomic E-state index is -0.172. The molecule has 4 heteroatoms. The molecule has 0 aliphatic carbocycles. The first kappa shape index (κ1) is 11.5. The summed E-state index contributed by atoms with van der Waals surface area (Å²) in [5, 5.41) is 2.78. The molecule has 1 aromatic carbocycles. The van der Waals surface area contributed by atoms with E-state index in [0.29, 0.717) is 5.69 Å². The highest BCUT2D eigenvalue weighted by atomic mass is 16.5. The molecule has 4 nitrogen and oxygen atoms in total. The number of methoxy groups -OCH3 is 1. The largest absolute Gasteiger partial charge is 0.398 e. The molecule has 1 amide bonds. The molecule has 0 unspecified atom stereocenters. The van der Waals surface area contributed by atoms with Gasteiger partial charge in [0, 0.05) is 18.5 Å². The number of carbonyl (C=O) groups is 1. The number of ether oxygens (including phenoxy) is 1. The van der Waals surface area contributed by atoms with Gasteiger partial charge < -0.3 is 15.8 Å². The number of nitrogens with one attached hydrogen (secondary N) is 1. The normalized spacial score (nSPS) is 10.1. The zero-order valence-electron chi connectivity index (χ0n) is 9.26. The molecule has 1 rings (SSSR count). The summed E-state index contributed by atoms with van der Waals surface area (Å²) in [6, 6.07) is 3.71. The van der Waals surface area contributed by atoms with Crippen molar-refractivity contribution in [1.29, 1.82) is 0 Å². The van der Waals surface area contributed by atoms with Gasteiger partial charge >= 0.3 is 0 Å². The molecule has 0 saturated heterocycles. The van der Waals surface area contributed by atoms with Gasteiger partial charge in [-0.3, -0.25) is 4.79 Å². The van der Waals surface area contributed by atoms with E-state index in [2.05, 4.69) is 5.32 Å². The molecule has 82 valence electrons. The third-order valence-corrected chi connectivity index (χ3v) is 2.26. The van der Waals surface area contributed by atoms with Crippen LogP contribution in [0, 0.1) is 13.8 Å². The summed E-state index contributed by atoms with van der Waals surface area (Å²) in [6.07, 6.45) is 0. The Hall–Kier alpha value is -1.55. The second-order valence-corrected chi connectivity index (χ2v) is 3.45. The zero-order chi connectivity index (χ0) is 11.4. The van der Waals surface area contributed by atoms with Crippen LogP contribution in [0.3, 0.4) is 0 Å². The summed E-state index contributed by atoms with van der Waals surface area (Å²) in [5.41, 5.74) is 9.09. The SMILES string of the molecule is COCC(=O)Nc1c(C)ccc(N)c1C. The van der Waals surface area contributed by atoms with Crippen LogP contribution in [0.2, 0.25) is 0 Å². The molecule has 0 bridgehead atoms. The number of hydrogen-bond donors (Lipinski definition) is 2. The number of benzene rings is 1. The van der Waals surface area contributed by atoms with Crippen LogP contribution < -0.4 is 11.1 Å². The van der Waals surface area contributed by atoms with Gasteiger partial charge in [0.2, 0.25) is 5.91 Å². The van der Waals surface area contributed by atoms with Crippen molar-refractivity contribution < 1.29 is 9.53 Å². The molecule has 0 radical (unpaired) electrons. The first-order valence-electron chi connectivity index (χ1n) is 4.70. The van der Waals surface area contributed by atoms with Crippen LogP contribution in [0.15, 0.2) is 12.1 Å². The molecule has 3 N–H and O–H groups in total. The van der Waals surface area contributed by atoms with E-state index in [1.54, 1.807) is 0 Å². The quantitative estimate of drug-likeness (QED) is 0.739. The Bertz CT molecular complexity index is 375. The van der Waals surface area contributed by atoms with Crippen molar-refractivity contribution in [3.8, 4) is 0 Å². The summed E-state index contributed by atoms with van der Waals surface area (Å²) in [4.78, 5) is 11.4. The highest BCUT2D eigenvalue weighted by Gasteiger charge is 2.08. The summed E-state index contributed by atoms with van der Waals surface area (Å²) in [7, 11) is 1.48. The summed E-state index contributed by atoms with van der Waals surface area (Å²) < 4.78 is 4.74. The fourth-order valence-corrected chi connectivity index (χ4v) is 1.36. The van der Waals surface area contributed by atoms with Crippen molar-refractivity contribution in [1.82, 2.24) is 0 Å². The molecule has 0 aromatic heterocycles. The van der Waals surface area contributed by atoms with Crippen LogP contribution in [0.1, 0.15) is 11.1 Å². The monoisotopic (exact) mass is 208 g/mol. The van der Waals surface area contributed by atoms with E-state index in [1.165, 1.54) is 7.11 Å². The second-order valence-electron chi connectivity index (χ2n) is 3.45. The molecule has 0 aliphatic rings. The predicted octanol–water partition coefficient (Wildman–Crippen LogP) is 1.47. The van der Waals surface area contributed by atoms with E-state index in [-0.39, 0.29) is 12.5 Å². The van der Waals surface area contributed by atoms with Crippen molar-refractivity contribution in [2.24, 2.45) is 0 Å². The van der Waals surface area contributed by atoms with Gasteiger partial charge in [-0.15, -0.1) is 0 Å². The maximum Gasteiger partial charge on any atom is 0.250 e. The van der Waals surface area contributed by atoms with Crippen LogP contribution in [-0.4, -0.2) is 19.6 Å². The lowest BCUT2D eigenvalue weighted by atomic mass is 10.1. The Morgan fingerprint density at radius 2 is 2.13 bits per heavy atom. The van der Waals surface area contributed by atoms with Crippen LogP contribution in [0.4, 0.5) is 11.4 Å². The topological polar surface area (TPSA) is 64.3 Å². The van der Waals surface area contributed by atoms with Crippen molar-refractivity contribution >= 4 is 17.3 Å². The molecule has 0 atom stereocenters. The highest BCUT2D eigenvalue weighted by Crippen LogP contribution is 2.24. The fraction of sp³-hybridized carbons (Fsp3) is 0.364. The molecule has 0 aliphatic heterocycles. The van der Waals surface area contributed by atoms with Gasteiger partial charge in [0.15, 0.2) is 0 Å². The second kappa shape index (κ2) is 4.79. The third-order valence-electron chi connectivity index (χ3n) is 2.26. The number of nitrogens with two attached hydrogens (primary N) is 1. The number of anilines is 2. The number of aryl methyl sites for hydroxylation is 1. The lowest BCUT2D eigenvalue weighted by Crippen LogP contribution is -2.18. The molecule has 15 heavy (non-hydrogen) atoms. The van der Waals surface area contributed by atoms with Crippen molar-refractivity contribution in [3.63, 3.8) is 0 Å². The Labute approximate surface area is 89.4 Å². The van der Waals surface area contributed by atoms with Gasteiger partial charge in [0.1, 0.15) is 6.61 Å². The number of carbonyl (C=O) groups excluding carboxylic acids is 1. The number of amides is 1. The van der Waals surface area contributed by atoms with E-state index in [9.17, 15) is 4.79 Å². The maximum absolute atomic E-state index is 11.4. The van der Waals surface area contributed by atoms with Crippen molar-refractivity contribution in [2.45, 2.75) is 13.8 Å². The Kier molecular flexibility index (Phi) is 3.68. The Morgan fingerprint density at radius 1 is 1.47 bits per heavy atom. The van der Waals surface area contributed by atoms with Gasteiger partial charge in [0.25, 0.3) is 0 Å². The first-order chi connectivity index (χ1) is 7.06. The zero-order valence-corrected chi connectivity index (χ0v) is 9.26. The minimum Gasteiger partial charge on any atom is -0.398 e. The standard InChI is InChI=1S/C11H16N2O2/c1-7-4-5-9(12)8(2)11(7)13-10(14)6-15-3/h4-5H,6,12H2,1-3H3,(H,13,14). The van der Waals surface area contributed by atoms with Crippen LogP contribution in [0.5, 0.6) is 0 Å². The van der Waals surface area contributed by atoms with Crippen LogP contribution in [0.25, 0.3) is 0 Å². The average molecular weight is 208 g/mol. The minimum absolute atomic E-state index is 0.0493. The van der Waals surface area contributed by atoms with Gasteiger partial charge in [-0.1, -0.05) is 6.07 Å².